The van der Waals surface area contributed by atoms with Crippen LogP contribution >= 0.6 is 0 Å². The van der Waals surface area contributed by atoms with Gasteiger partial charge in [-0.2, -0.15) is 5.10 Å². The van der Waals surface area contributed by atoms with Crippen molar-refractivity contribution in [1.29, 1.82) is 0 Å². The lowest BCUT2D eigenvalue weighted by Gasteiger charge is -2.26. The van der Waals surface area contributed by atoms with E-state index in [2.05, 4.69) is 45.2 Å². The standard InChI is InChI=1S/C26H32N6O4/c1-26(2,16-28-24-19-7-4-5-8-20(19)25(34)31-30-24)15-27-21(33)9-6-10-22-29-23(32-36-22)17-11-13-18(35-3)14-12-17/h4-5,7-8,11-14,23,32H,6,9-10,15-16H2,1-3H3,(H,27,33)(H,28,30)(H,31,34). The van der Waals surface area contributed by atoms with Gasteiger partial charge in [-0.25, -0.2) is 10.1 Å². The number of anilines is 1. The molecule has 1 aromatic heterocycles. The van der Waals surface area contributed by atoms with E-state index in [4.69, 9.17) is 9.57 Å². The van der Waals surface area contributed by atoms with Crippen LogP contribution < -0.4 is 26.4 Å². The molecule has 0 bridgehead atoms. The van der Waals surface area contributed by atoms with Crippen LogP contribution in [0, 0.1) is 5.41 Å². The van der Waals surface area contributed by atoms with E-state index in [0.717, 1.165) is 16.7 Å². The van der Waals surface area contributed by atoms with E-state index >= 15 is 0 Å². The second-order valence-electron chi connectivity index (χ2n) is 9.51. The molecule has 1 atom stereocenters. The molecule has 1 unspecified atom stereocenters. The number of aliphatic imine (C=N–C) groups is 1. The van der Waals surface area contributed by atoms with Crippen molar-refractivity contribution in [2.75, 3.05) is 25.5 Å². The van der Waals surface area contributed by atoms with Crippen LogP contribution in [0.3, 0.4) is 0 Å². The van der Waals surface area contributed by atoms with E-state index in [1.807, 2.05) is 42.5 Å². The Morgan fingerprint density at radius 2 is 1.86 bits per heavy atom. The molecule has 2 aromatic carbocycles. The number of nitrogens with one attached hydrogen (secondary N) is 4. The lowest BCUT2D eigenvalue weighted by Crippen LogP contribution is -2.38. The average Bonchev–Trinajstić information content (AvgIpc) is 3.36. The molecule has 3 aromatic rings. The number of ether oxygens (including phenoxy) is 1. The van der Waals surface area contributed by atoms with Crippen LogP contribution in [0.1, 0.15) is 44.8 Å². The first-order valence-corrected chi connectivity index (χ1v) is 12.0. The fraction of sp³-hybridized carbons (Fsp3) is 0.385. The number of rotatable bonds is 11. The summed E-state index contributed by atoms with van der Waals surface area (Å²) in [6.07, 6.45) is 1.32. The Morgan fingerprint density at radius 1 is 1.11 bits per heavy atom. The number of aromatic amines is 1. The van der Waals surface area contributed by atoms with Crippen molar-refractivity contribution in [3.05, 3.63) is 64.4 Å². The largest absolute Gasteiger partial charge is 0.497 e. The van der Waals surface area contributed by atoms with Gasteiger partial charge in [0, 0.05) is 31.3 Å². The number of nitrogens with zero attached hydrogens (tertiary/aromatic N) is 2. The van der Waals surface area contributed by atoms with Gasteiger partial charge in [0.15, 0.2) is 12.0 Å². The molecular weight excluding hydrogens is 460 g/mol. The summed E-state index contributed by atoms with van der Waals surface area (Å²) in [5.74, 6) is 1.97. The molecule has 0 saturated carbocycles. The summed E-state index contributed by atoms with van der Waals surface area (Å²) in [4.78, 5) is 34.4. The number of carbonyl (C=O) groups is 1. The van der Waals surface area contributed by atoms with Gasteiger partial charge in [0.2, 0.25) is 11.8 Å². The molecule has 10 heteroatoms. The third kappa shape index (κ3) is 6.39. The van der Waals surface area contributed by atoms with Crippen molar-refractivity contribution in [3.63, 3.8) is 0 Å². The smallest absolute Gasteiger partial charge is 0.272 e. The van der Waals surface area contributed by atoms with E-state index in [1.54, 1.807) is 13.2 Å². The minimum absolute atomic E-state index is 0.0195. The number of methoxy groups -OCH3 is 1. The van der Waals surface area contributed by atoms with Crippen molar-refractivity contribution < 1.29 is 14.4 Å². The summed E-state index contributed by atoms with van der Waals surface area (Å²) >= 11 is 0. The van der Waals surface area contributed by atoms with Crippen molar-refractivity contribution in [2.24, 2.45) is 10.4 Å². The topological polar surface area (TPSA) is 130 Å². The number of H-pyrrole nitrogens is 1. The molecule has 0 spiro atoms. The first-order valence-electron chi connectivity index (χ1n) is 12.0. The second kappa shape index (κ2) is 11.2. The quantitative estimate of drug-likeness (QED) is 0.323. The Morgan fingerprint density at radius 3 is 2.61 bits per heavy atom. The van der Waals surface area contributed by atoms with Crippen molar-refractivity contribution in [1.82, 2.24) is 21.0 Å². The molecule has 0 saturated heterocycles. The van der Waals surface area contributed by atoms with Gasteiger partial charge in [0.1, 0.15) is 5.75 Å². The van der Waals surface area contributed by atoms with Crippen molar-refractivity contribution >= 4 is 28.4 Å². The van der Waals surface area contributed by atoms with Crippen LogP contribution in [-0.4, -0.2) is 42.2 Å². The lowest BCUT2D eigenvalue weighted by molar-refractivity contribution is -0.121. The number of amides is 1. The van der Waals surface area contributed by atoms with Crippen LogP contribution in [0.5, 0.6) is 5.75 Å². The first kappa shape index (κ1) is 25.2. The van der Waals surface area contributed by atoms with Gasteiger partial charge in [-0.3, -0.25) is 9.59 Å². The molecular formula is C26H32N6O4. The number of hydrogen-bond acceptors (Lipinski definition) is 8. The predicted octanol–water partition coefficient (Wildman–Crippen LogP) is 3.29. The van der Waals surface area contributed by atoms with E-state index < -0.39 is 0 Å². The Kier molecular flexibility index (Phi) is 7.84. The van der Waals surface area contributed by atoms with E-state index in [0.29, 0.717) is 49.5 Å². The highest BCUT2D eigenvalue weighted by molar-refractivity contribution is 5.90. The molecule has 0 aliphatic carbocycles. The highest BCUT2D eigenvalue weighted by atomic mass is 16.7. The first-order chi connectivity index (χ1) is 17.3. The van der Waals surface area contributed by atoms with Gasteiger partial charge >= 0.3 is 0 Å². The molecule has 4 N–H and O–H groups in total. The van der Waals surface area contributed by atoms with Crippen LogP contribution in [0.4, 0.5) is 5.82 Å². The number of carbonyl (C=O) groups excluding carboxylic acids is 1. The summed E-state index contributed by atoms with van der Waals surface area (Å²) in [7, 11) is 1.63. The number of hydroxylamine groups is 1. The SMILES string of the molecule is COc1ccc(C2N=C(CCCC(=O)NCC(C)(C)CNc3n[nH]c(=O)c4ccccc34)ON2)cc1. The fourth-order valence-electron chi connectivity index (χ4n) is 3.83. The Hall–Kier alpha value is -3.92. The molecule has 4 rings (SSSR count). The normalized spacial score (nSPS) is 15.3. The summed E-state index contributed by atoms with van der Waals surface area (Å²) in [5, 5.41) is 14.3. The molecule has 1 aliphatic rings. The van der Waals surface area contributed by atoms with Crippen LogP contribution in [0.25, 0.3) is 10.8 Å². The van der Waals surface area contributed by atoms with Crippen molar-refractivity contribution in [2.45, 2.75) is 39.3 Å². The van der Waals surface area contributed by atoms with Gasteiger partial charge < -0.3 is 20.2 Å². The highest BCUT2D eigenvalue weighted by Gasteiger charge is 2.22. The zero-order valence-corrected chi connectivity index (χ0v) is 20.8. The van der Waals surface area contributed by atoms with Crippen LogP contribution in [0.2, 0.25) is 0 Å². The van der Waals surface area contributed by atoms with Gasteiger partial charge in [-0.15, -0.1) is 5.48 Å². The molecule has 0 radical (unpaired) electrons. The molecule has 2 heterocycles. The Bertz CT molecular complexity index is 1290. The number of aromatic nitrogens is 2. The third-order valence-electron chi connectivity index (χ3n) is 5.98. The minimum atomic E-state index is -0.262. The monoisotopic (exact) mass is 492 g/mol. The van der Waals surface area contributed by atoms with E-state index in [1.165, 1.54) is 0 Å². The van der Waals surface area contributed by atoms with E-state index in [9.17, 15) is 9.59 Å². The highest BCUT2D eigenvalue weighted by Crippen LogP contribution is 2.23. The third-order valence-corrected chi connectivity index (χ3v) is 5.98. The lowest BCUT2D eigenvalue weighted by atomic mass is 9.93. The van der Waals surface area contributed by atoms with Gasteiger partial charge in [0.05, 0.1) is 12.5 Å². The van der Waals surface area contributed by atoms with Gasteiger partial charge in [0.25, 0.3) is 5.56 Å². The summed E-state index contributed by atoms with van der Waals surface area (Å²) in [5.41, 5.74) is 3.43. The summed E-state index contributed by atoms with van der Waals surface area (Å²) in [6, 6.07) is 15.0. The molecule has 1 amide bonds. The van der Waals surface area contributed by atoms with Gasteiger partial charge in [-0.1, -0.05) is 44.2 Å². The maximum atomic E-state index is 12.4. The number of benzene rings is 2. The maximum Gasteiger partial charge on any atom is 0.272 e. The molecule has 0 fully saturated rings. The molecule has 10 nitrogen and oxygen atoms in total. The summed E-state index contributed by atoms with van der Waals surface area (Å²) < 4.78 is 5.18. The maximum absolute atomic E-state index is 12.4. The van der Waals surface area contributed by atoms with Crippen LogP contribution in [0.15, 0.2) is 58.3 Å². The molecule has 190 valence electrons. The van der Waals surface area contributed by atoms with Crippen molar-refractivity contribution in [3.8, 4) is 5.75 Å². The van der Waals surface area contributed by atoms with Gasteiger partial charge in [-0.05, 0) is 35.6 Å². The zero-order valence-electron chi connectivity index (χ0n) is 20.8. The number of fused-ring (bicyclic) bond motifs is 1. The number of hydrogen-bond donors (Lipinski definition) is 4. The predicted molar refractivity (Wildman–Crippen MR) is 139 cm³/mol. The molecule has 36 heavy (non-hydrogen) atoms. The second-order valence-corrected chi connectivity index (χ2v) is 9.51. The zero-order chi connectivity index (χ0) is 25.5. The molecule has 1 aliphatic heterocycles. The van der Waals surface area contributed by atoms with E-state index in [-0.39, 0.29) is 23.0 Å². The Balaban J connectivity index is 1.20. The Labute approximate surface area is 209 Å². The minimum Gasteiger partial charge on any atom is -0.497 e. The fourth-order valence-corrected chi connectivity index (χ4v) is 3.83. The average molecular weight is 493 g/mol. The van der Waals surface area contributed by atoms with Crippen LogP contribution in [-0.2, 0) is 9.63 Å². The summed E-state index contributed by atoms with van der Waals surface area (Å²) in [6.45, 7) is 5.18.